The van der Waals surface area contributed by atoms with Crippen LogP contribution in [0.2, 0.25) is 0 Å². The average molecular weight is 451 g/mol. The largest absolute Gasteiger partial charge is 0.340 e. The molecular formula is C27H38N4S. The van der Waals surface area contributed by atoms with Gasteiger partial charge in [0.1, 0.15) is 0 Å². The molecule has 1 aliphatic heterocycles. The zero-order valence-corrected chi connectivity index (χ0v) is 21.2. The molecule has 2 fully saturated rings. The van der Waals surface area contributed by atoms with Gasteiger partial charge in [-0.15, -0.1) is 11.3 Å². The van der Waals surface area contributed by atoms with Crippen molar-refractivity contribution in [3.8, 4) is 0 Å². The molecule has 2 aromatic heterocycles. The van der Waals surface area contributed by atoms with Crippen molar-refractivity contribution in [1.29, 1.82) is 0 Å². The van der Waals surface area contributed by atoms with Crippen molar-refractivity contribution in [3.63, 3.8) is 0 Å². The number of imidazole rings is 1. The van der Waals surface area contributed by atoms with E-state index in [1.807, 2.05) is 29.3 Å². The summed E-state index contributed by atoms with van der Waals surface area (Å²) in [7, 11) is 2.04. The Morgan fingerprint density at radius 2 is 1.78 bits per heavy atom. The Morgan fingerprint density at radius 1 is 1.06 bits per heavy atom. The van der Waals surface area contributed by atoms with Crippen LogP contribution in [-0.2, 0) is 13.6 Å². The van der Waals surface area contributed by atoms with Crippen LogP contribution in [0, 0.1) is 22.7 Å². The zero-order chi connectivity index (χ0) is 22.5. The monoisotopic (exact) mass is 450 g/mol. The van der Waals surface area contributed by atoms with E-state index in [0.29, 0.717) is 28.6 Å². The highest BCUT2D eigenvalue weighted by Gasteiger charge is 2.46. The van der Waals surface area contributed by atoms with E-state index in [-0.39, 0.29) is 0 Å². The minimum Gasteiger partial charge on any atom is -0.340 e. The summed E-state index contributed by atoms with van der Waals surface area (Å²) in [5.41, 5.74) is 4.44. The number of hydrogen-bond acceptors (Lipinski definition) is 4. The summed E-state index contributed by atoms with van der Waals surface area (Å²) in [6, 6.07) is 0. The standard InChI is InChI=1S/C27H38N4S/c1-26(2)10-11-27(3,4)23-14-20(6-7-22(23)26)24-17-32-25(29-24)19-8-12-31(13-9-19)16-21-15-30(5)18-28-21/h6-7,14-15,17-19,22-23H,8-13,16H2,1-5H3. The van der Waals surface area contributed by atoms with Crippen LogP contribution in [0.25, 0.3) is 5.57 Å². The Balaban J connectivity index is 1.25. The molecule has 5 rings (SSSR count). The summed E-state index contributed by atoms with van der Waals surface area (Å²) in [5, 5.41) is 3.63. The molecule has 2 aromatic rings. The number of hydrogen-bond donors (Lipinski definition) is 0. The van der Waals surface area contributed by atoms with Crippen molar-refractivity contribution in [2.75, 3.05) is 13.1 Å². The van der Waals surface area contributed by atoms with E-state index in [1.54, 1.807) is 0 Å². The zero-order valence-electron chi connectivity index (χ0n) is 20.3. The summed E-state index contributed by atoms with van der Waals surface area (Å²) < 4.78 is 2.03. The van der Waals surface area contributed by atoms with Gasteiger partial charge in [-0.2, -0.15) is 0 Å². The predicted octanol–water partition coefficient (Wildman–Crippen LogP) is 6.29. The first-order chi connectivity index (χ1) is 15.2. The Morgan fingerprint density at radius 3 is 2.47 bits per heavy atom. The Bertz CT molecular complexity index is 1020. The number of allylic oxidation sites excluding steroid dienone is 4. The molecule has 32 heavy (non-hydrogen) atoms. The van der Waals surface area contributed by atoms with Crippen LogP contribution in [0.15, 0.2) is 36.1 Å². The second-order valence-corrected chi connectivity index (χ2v) is 12.6. The molecular weight excluding hydrogens is 412 g/mol. The molecule has 1 saturated carbocycles. The quantitative estimate of drug-likeness (QED) is 0.549. The molecule has 4 nitrogen and oxygen atoms in total. The number of aromatic nitrogens is 3. The molecule has 0 amide bonds. The van der Waals surface area contributed by atoms with Gasteiger partial charge in [0, 0.05) is 31.1 Å². The minimum atomic E-state index is 0.357. The fourth-order valence-electron chi connectivity index (χ4n) is 6.01. The van der Waals surface area contributed by atoms with E-state index in [1.165, 1.54) is 47.7 Å². The van der Waals surface area contributed by atoms with Crippen molar-refractivity contribution in [2.45, 2.75) is 65.8 Å². The molecule has 3 heterocycles. The van der Waals surface area contributed by atoms with Crippen LogP contribution >= 0.6 is 11.3 Å². The van der Waals surface area contributed by atoms with Crippen LogP contribution in [0.3, 0.4) is 0 Å². The lowest BCUT2D eigenvalue weighted by molar-refractivity contribution is 0.0337. The lowest BCUT2D eigenvalue weighted by Crippen LogP contribution is -2.43. The van der Waals surface area contributed by atoms with Crippen molar-refractivity contribution in [1.82, 2.24) is 19.4 Å². The van der Waals surface area contributed by atoms with Crippen LogP contribution in [0.1, 0.15) is 75.7 Å². The van der Waals surface area contributed by atoms with Crippen LogP contribution < -0.4 is 0 Å². The van der Waals surface area contributed by atoms with Gasteiger partial charge in [0.05, 0.1) is 22.7 Å². The Kier molecular flexibility index (Phi) is 5.69. The molecule has 0 bridgehead atoms. The Labute approximate surface area is 197 Å². The van der Waals surface area contributed by atoms with E-state index in [2.05, 4.69) is 67.4 Å². The minimum absolute atomic E-state index is 0.357. The molecule has 2 aliphatic carbocycles. The molecule has 1 saturated heterocycles. The van der Waals surface area contributed by atoms with Crippen molar-refractivity contribution in [3.05, 3.63) is 52.5 Å². The van der Waals surface area contributed by atoms with Gasteiger partial charge in [0.2, 0.25) is 0 Å². The van der Waals surface area contributed by atoms with E-state index < -0.39 is 0 Å². The molecule has 172 valence electrons. The smallest absolute Gasteiger partial charge is 0.0964 e. The number of aryl methyl sites for hydroxylation is 1. The Hall–Kier alpha value is -1.72. The number of nitrogens with zero attached hydrogens (tertiary/aromatic N) is 4. The van der Waals surface area contributed by atoms with Gasteiger partial charge in [-0.3, -0.25) is 4.90 Å². The maximum absolute atomic E-state index is 5.16. The molecule has 0 aromatic carbocycles. The third-order valence-electron chi connectivity index (χ3n) is 8.35. The first-order valence-corrected chi connectivity index (χ1v) is 13.1. The SMILES string of the molecule is Cn1cnc(CN2CCC(c3nc(C4=CC5C(C=C4)C(C)(C)CCC5(C)C)cs3)CC2)c1. The van der Waals surface area contributed by atoms with Crippen molar-refractivity contribution >= 4 is 16.9 Å². The van der Waals surface area contributed by atoms with Crippen LogP contribution in [0.5, 0.6) is 0 Å². The molecule has 0 spiro atoms. The summed E-state index contributed by atoms with van der Waals surface area (Å²) in [6.07, 6.45) is 16.4. The first-order valence-electron chi connectivity index (χ1n) is 12.3. The van der Waals surface area contributed by atoms with E-state index in [0.717, 1.165) is 19.6 Å². The van der Waals surface area contributed by atoms with Crippen molar-refractivity contribution < 1.29 is 0 Å². The molecule has 2 unspecified atom stereocenters. The van der Waals surface area contributed by atoms with E-state index in [4.69, 9.17) is 4.98 Å². The van der Waals surface area contributed by atoms with Gasteiger partial charge in [-0.1, -0.05) is 45.9 Å². The highest BCUT2D eigenvalue weighted by molar-refractivity contribution is 7.09. The second kappa shape index (κ2) is 8.25. The summed E-state index contributed by atoms with van der Waals surface area (Å²) in [4.78, 5) is 12.2. The van der Waals surface area contributed by atoms with Gasteiger partial charge in [-0.25, -0.2) is 9.97 Å². The molecule has 0 radical (unpaired) electrons. The van der Waals surface area contributed by atoms with Gasteiger partial charge < -0.3 is 4.57 Å². The summed E-state index contributed by atoms with van der Waals surface area (Å²) in [6.45, 7) is 13.0. The highest BCUT2D eigenvalue weighted by atomic mass is 32.1. The third kappa shape index (κ3) is 4.26. The number of thiazole rings is 1. The predicted molar refractivity (Wildman–Crippen MR) is 133 cm³/mol. The lowest BCUT2D eigenvalue weighted by Gasteiger charge is -2.51. The lowest BCUT2D eigenvalue weighted by atomic mass is 9.53. The maximum atomic E-state index is 5.16. The van der Waals surface area contributed by atoms with Gasteiger partial charge in [0.25, 0.3) is 0 Å². The van der Waals surface area contributed by atoms with E-state index >= 15 is 0 Å². The number of rotatable bonds is 4. The van der Waals surface area contributed by atoms with Crippen LogP contribution in [-0.4, -0.2) is 32.5 Å². The van der Waals surface area contributed by atoms with Gasteiger partial charge in [-0.05, 0) is 67.0 Å². The highest BCUT2D eigenvalue weighted by Crippen LogP contribution is 2.55. The summed E-state index contributed by atoms with van der Waals surface area (Å²) in [5.74, 6) is 1.84. The first kappa shape index (κ1) is 22.1. The molecule has 2 atom stereocenters. The molecule has 5 heteroatoms. The van der Waals surface area contributed by atoms with Crippen LogP contribution in [0.4, 0.5) is 0 Å². The number of piperidine rings is 1. The fraction of sp³-hybridized carbons (Fsp3) is 0.630. The van der Waals surface area contributed by atoms with Gasteiger partial charge >= 0.3 is 0 Å². The normalized spacial score (nSPS) is 27.8. The average Bonchev–Trinajstić information content (AvgIpc) is 3.41. The second-order valence-electron chi connectivity index (χ2n) is 11.7. The third-order valence-corrected chi connectivity index (χ3v) is 9.35. The number of fused-ring (bicyclic) bond motifs is 1. The maximum Gasteiger partial charge on any atom is 0.0964 e. The van der Waals surface area contributed by atoms with Gasteiger partial charge in [0.15, 0.2) is 0 Å². The molecule has 0 N–H and O–H groups in total. The number of likely N-dealkylation sites (tertiary alicyclic amines) is 1. The fourth-order valence-corrected chi connectivity index (χ4v) is 7.01. The van der Waals surface area contributed by atoms with Crippen molar-refractivity contribution in [2.24, 2.45) is 29.7 Å². The summed E-state index contributed by atoms with van der Waals surface area (Å²) >= 11 is 1.87. The van der Waals surface area contributed by atoms with E-state index in [9.17, 15) is 0 Å². The molecule has 3 aliphatic rings. The topological polar surface area (TPSA) is 34.0 Å².